The number of nitrogens with one attached hydrogen (secondary N) is 1. The lowest BCUT2D eigenvalue weighted by Gasteiger charge is -1.91. The topological polar surface area (TPSA) is 67.3 Å². The van der Waals surface area contributed by atoms with Gasteiger partial charge in [0, 0.05) is 14.1 Å². The van der Waals surface area contributed by atoms with Crippen molar-refractivity contribution in [2.24, 2.45) is 11.7 Å². The van der Waals surface area contributed by atoms with Crippen LogP contribution in [0.1, 0.15) is 0 Å². The molecular weight excluding hydrogens is 92.1 g/mol. The van der Waals surface area contributed by atoms with Gasteiger partial charge in [-0.1, -0.05) is 0 Å². The Morgan fingerprint density at radius 3 is 1.43 bits per heavy atom. The summed E-state index contributed by atoms with van der Waals surface area (Å²) < 4.78 is 0. The van der Waals surface area contributed by atoms with Crippen molar-refractivity contribution in [3.05, 3.63) is 0 Å². The average molecular weight is 106 g/mol. The van der Waals surface area contributed by atoms with E-state index in [-0.39, 0.29) is 0 Å². The zero-order valence-electron chi connectivity index (χ0n) is 5.10. The fraction of sp³-hybridized carbons (Fsp3) is 1.00. The van der Waals surface area contributed by atoms with Crippen LogP contribution in [0, 0.1) is 0 Å². The van der Waals surface area contributed by atoms with Crippen LogP contribution in [0.4, 0.5) is 0 Å². The Morgan fingerprint density at radius 1 is 1.43 bits per heavy atom. The van der Waals surface area contributed by atoms with Crippen LogP contribution in [0.2, 0.25) is 0 Å². The maximum absolute atomic E-state index is 4.94. The smallest absolute Gasteiger partial charge is 0.00105 e. The molecule has 0 aliphatic heterocycles. The van der Waals surface area contributed by atoms with E-state index in [0.717, 1.165) is 0 Å². The van der Waals surface area contributed by atoms with E-state index in [2.05, 4.69) is 11.3 Å². The molecule has 0 saturated heterocycles. The molecule has 4 nitrogen and oxygen atoms in total. The molecule has 0 fully saturated rings. The first-order valence-corrected chi connectivity index (χ1v) is 1.94. The van der Waals surface area contributed by atoms with Gasteiger partial charge in [-0.05, 0) is 7.05 Å². The summed E-state index contributed by atoms with van der Waals surface area (Å²) in [7, 11) is 5.21. The molecule has 0 bridgehead atoms. The molecule has 0 unspecified atom stereocenters. The highest BCUT2D eigenvalue weighted by molar-refractivity contribution is 4.01. The zero-order valence-corrected chi connectivity index (χ0v) is 5.10. The molecule has 0 aromatic rings. The van der Waals surface area contributed by atoms with Gasteiger partial charge in [0.15, 0.2) is 0 Å². The highest BCUT2D eigenvalue weighted by atomic mass is 15.4. The molecule has 0 aromatic heterocycles. The van der Waals surface area contributed by atoms with E-state index in [1.165, 1.54) is 5.01 Å². The molecule has 0 heterocycles. The molecule has 0 spiro atoms. The minimum absolute atomic E-state index is 1.50. The molecule has 0 rings (SSSR count). The van der Waals surface area contributed by atoms with Crippen molar-refractivity contribution in [1.29, 1.82) is 0 Å². The molecule has 46 valence electrons. The van der Waals surface area contributed by atoms with Gasteiger partial charge in [-0.25, -0.2) is 0 Å². The van der Waals surface area contributed by atoms with Crippen molar-refractivity contribution < 1.29 is 0 Å². The van der Waals surface area contributed by atoms with Gasteiger partial charge in [0.05, 0.1) is 0 Å². The Labute approximate surface area is 44.4 Å². The lowest BCUT2D eigenvalue weighted by molar-refractivity contribution is 0.432. The van der Waals surface area contributed by atoms with Gasteiger partial charge in [0.25, 0.3) is 0 Å². The number of rotatable bonds is 0. The lowest BCUT2D eigenvalue weighted by Crippen LogP contribution is -2.18. The lowest BCUT2D eigenvalue weighted by atomic mass is 11.2. The second kappa shape index (κ2) is 9.28. The van der Waals surface area contributed by atoms with Crippen molar-refractivity contribution in [1.82, 2.24) is 10.4 Å². The monoisotopic (exact) mass is 106 g/mol. The highest BCUT2D eigenvalue weighted by Crippen LogP contribution is 1.37. The summed E-state index contributed by atoms with van der Waals surface area (Å²) in [6, 6.07) is 0. The van der Waals surface area contributed by atoms with Gasteiger partial charge >= 0.3 is 0 Å². The Balaban J connectivity index is 0. The van der Waals surface area contributed by atoms with Crippen LogP contribution in [-0.2, 0) is 0 Å². The van der Waals surface area contributed by atoms with E-state index in [1.54, 1.807) is 21.1 Å². The van der Waals surface area contributed by atoms with Crippen LogP contribution in [-0.4, -0.2) is 26.2 Å². The summed E-state index contributed by atoms with van der Waals surface area (Å²) in [5.41, 5.74) is 2.25. The second-order valence-corrected chi connectivity index (χ2v) is 1.25. The average Bonchev–Trinajstić information content (AvgIpc) is 1.33. The van der Waals surface area contributed by atoms with Crippen molar-refractivity contribution in [2.75, 3.05) is 21.1 Å². The maximum atomic E-state index is 4.94. The summed E-state index contributed by atoms with van der Waals surface area (Å²) in [5, 5.41) is 1.50. The fourth-order valence-electron chi connectivity index (χ4n) is 0. The predicted molar refractivity (Wildman–Crippen MR) is 31.1 cm³/mol. The SMILES string of the molecule is CN(C)N.CNN. The highest BCUT2D eigenvalue weighted by Gasteiger charge is 1.57. The summed E-state index contributed by atoms with van der Waals surface area (Å²) in [6.45, 7) is 0. The van der Waals surface area contributed by atoms with E-state index in [9.17, 15) is 0 Å². The number of nitrogens with zero attached hydrogens (tertiary/aromatic N) is 1. The maximum Gasteiger partial charge on any atom is 0.00105 e. The molecule has 0 radical (unpaired) electrons. The Hall–Kier alpha value is -0.160. The first-order valence-electron chi connectivity index (χ1n) is 1.94. The van der Waals surface area contributed by atoms with Gasteiger partial charge in [0.1, 0.15) is 0 Å². The van der Waals surface area contributed by atoms with Crippen LogP contribution >= 0.6 is 0 Å². The summed E-state index contributed by atoms with van der Waals surface area (Å²) in [5.74, 6) is 9.54. The standard InChI is InChI=1S/C2H8N2.CH6N2/c1-4(2)3;1-3-2/h3H2,1-2H3;3H,2H2,1H3. The largest absolute Gasteiger partial charge is 0.272 e. The van der Waals surface area contributed by atoms with Gasteiger partial charge in [-0.3, -0.25) is 22.1 Å². The van der Waals surface area contributed by atoms with Gasteiger partial charge < -0.3 is 0 Å². The molecule has 0 aromatic carbocycles. The predicted octanol–water partition coefficient (Wildman–Crippen LogP) is -1.50. The second-order valence-electron chi connectivity index (χ2n) is 1.25. The molecule has 0 amide bonds. The van der Waals surface area contributed by atoms with Crippen LogP contribution in [0.5, 0.6) is 0 Å². The van der Waals surface area contributed by atoms with Crippen molar-refractivity contribution in [2.45, 2.75) is 0 Å². The van der Waals surface area contributed by atoms with Crippen molar-refractivity contribution in [3.8, 4) is 0 Å². The van der Waals surface area contributed by atoms with Crippen molar-refractivity contribution >= 4 is 0 Å². The van der Waals surface area contributed by atoms with Crippen molar-refractivity contribution in [3.63, 3.8) is 0 Å². The molecular formula is C3H14N4. The van der Waals surface area contributed by atoms with Crippen LogP contribution in [0.15, 0.2) is 0 Å². The molecule has 5 N–H and O–H groups in total. The summed E-state index contributed by atoms with van der Waals surface area (Å²) >= 11 is 0. The minimum atomic E-state index is 1.50. The van der Waals surface area contributed by atoms with E-state index < -0.39 is 0 Å². The van der Waals surface area contributed by atoms with E-state index in [4.69, 9.17) is 5.84 Å². The molecule has 0 atom stereocenters. The van der Waals surface area contributed by atoms with E-state index in [1.807, 2.05) is 0 Å². The fourth-order valence-corrected chi connectivity index (χ4v) is 0. The van der Waals surface area contributed by atoms with E-state index in [0.29, 0.717) is 0 Å². The number of hydrogen-bond donors (Lipinski definition) is 3. The minimum Gasteiger partial charge on any atom is -0.272 e. The van der Waals surface area contributed by atoms with Crippen LogP contribution < -0.4 is 17.1 Å². The molecule has 7 heavy (non-hydrogen) atoms. The van der Waals surface area contributed by atoms with Gasteiger partial charge in [-0.15, -0.1) is 0 Å². The van der Waals surface area contributed by atoms with E-state index >= 15 is 0 Å². The van der Waals surface area contributed by atoms with Gasteiger partial charge in [-0.2, -0.15) is 0 Å². The zero-order chi connectivity index (χ0) is 6.28. The molecule has 0 aliphatic carbocycles. The van der Waals surface area contributed by atoms with Crippen LogP contribution in [0.3, 0.4) is 0 Å². The Kier molecular flexibility index (Phi) is 13.2. The summed E-state index contributed by atoms with van der Waals surface area (Å²) in [4.78, 5) is 0. The number of hydrogen-bond acceptors (Lipinski definition) is 4. The number of hydrazine groups is 2. The van der Waals surface area contributed by atoms with Crippen LogP contribution in [0.25, 0.3) is 0 Å². The third kappa shape index (κ3) is 3360. The summed E-state index contributed by atoms with van der Waals surface area (Å²) in [6.07, 6.45) is 0. The Bertz CT molecular complexity index is 18.1. The normalized spacial score (nSPS) is 7.71. The quantitative estimate of drug-likeness (QED) is 0.260. The molecule has 0 aliphatic rings. The molecule has 0 saturated carbocycles. The number of nitrogens with two attached hydrogens (primary N) is 2. The third-order valence-corrected chi connectivity index (χ3v) is 0. The first-order chi connectivity index (χ1) is 3.15. The first kappa shape index (κ1) is 9.96. The Morgan fingerprint density at radius 2 is 1.43 bits per heavy atom. The molecule has 4 heteroatoms. The third-order valence-electron chi connectivity index (χ3n) is 0. The van der Waals surface area contributed by atoms with Gasteiger partial charge in [0.2, 0.25) is 0 Å².